The van der Waals surface area contributed by atoms with Crippen molar-refractivity contribution in [3.8, 4) is 0 Å². The van der Waals surface area contributed by atoms with E-state index in [0.717, 1.165) is 10.5 Å². The summed E-state index contributed by atoms with van der Waals surface area (Å²) < 4.78 is 28.6. The van der Waals surface area contributed by atoms with Gasteiger partial charge in [0.05, 0.1) is 16.0 Å². The molecule has 0 bridgehead atoms. The van der Waals surface area contributed by atoms with Crippen LogP contribution >= 0.6 is 0 Å². The molecule has 4 rings (SSSR count). The molecule has 8 nitrogen and oxygen atoms in total. The molecule has 2 aliphatic heterocycles. The van der Waals surface area contributed by atoms with Gasteiger partial charge in [-0.1, -0.05) is 24.3 Å². The van der Waals surface area contributed by atoms with Gasteiger partial charge < -0.3 is 5.32 Å². The van der Waals surface area contributed by atoms with Gasteiger partial charge in [0.15, 0.2) is 0 Å². The third-order valence-corrected chi connectivity index (χ3v) is 7.36. The number of fused-ring (bicyclic) bond motifs is 1. The van der Waals surface area contributed by atoms with Crippen molar-refractivity contribution in [3.63, 3.8) is 0 Å². The molecule has 0 saturated carbocycles. The predicted octanol–water partition coefficient (Wildman–Crippen LogP) is 2.80. The molecule has 3 amide bonds. The maximum atomic E-state index is 13.1. The number of piperidine rings is 1. The average molecular weight is 454 g/mol. The lowest BCUT2D eigenvalue weighted by Crippen LogP contribution is -2.51. The lowest BCUT2D eigenvalue weighted by molar-refractivity contribution is -0.125. The molecule has 1 atom stereocenters. The summed E-state index contributed by atoms with van der Waals surface area (Å²) in [6, 6.07) is 6.83. The van der Waals surface area contributed by atoms with Crippen molar-refractivity contribution in [2.24, 2.45) is 0 Å². The Balaban J connectivity index is 1.65. The second-order valence-electron chi connectivity index (χ2n) is 8.22. The highest BCUT2D eigenvalue weighted by Crippen LogP contribution is 2.31. The van der Waals surface area contributed by atoms with Gasteiger partial charge in [-0.3, -0.25) is 24.0 Å². The fraction of sp³-hybridized carbons (Fsp3) is 0.261. The minimum Gasteiger partial charge on any atom is -0.329 e. The number of carbonyl (C=O) groups excluding carboxylic acids is 3. The van der Waals surface area contributed by atoms with Crippen molar-refractivity contribution in [2.45, 2.75) is 44.6 Å². The molecule has 2 heterocycles. The van der Waals surface area contributed by atoms with Crippen LogP contribution in [0.2, 0.25) is 0 Å². The first kappa shape index (κ1) is 21.8. The first-order chi connectivity index (χ1) is 15.0. The van der Waals surface area contributed by atoms with Crippen LogP contribution in [0.15, 0.2) is 47.5 Å². The zero-order valence-electron chi connectivity index (χ0n) is 18.0. The van der Waals surface area contributed by atoms with Crippen molar-refractivity contribution in [2.75, 3.05) is 4.72 Å². The summed E-state index contributed by atoms with van der Waals surface area (Å²) in [6.45, 7) is 9.04. The second kappa shape index (κ2) is 7.59. The predicted molar refractivity (Wildman–Crippen MR) is 119 cm³/mol. The van der Waals surface area contributed by atoms with Crippen LogP contribution < -0.4 is 10.0 Å². The summed E-state index contributed by atoms with van der Waals surface area (Å²) in [6.07, 6.45) is 0.756. The molecular formula is C23H23N3O5S. The third-order valence-electron chi connectivity index (χ3n) is 5.68. The number of benzene rings is 2. The number of amides is 3. The van der Waals surface area contributed by atoms with Crippen molar-refractivity contribution in [1.29, 1.82) is 0 Å². The smallest absolute Gasteiger partial charge is 0.262 e. The number of rotatable bonds is 4. The fourth-order valence-electron chi connectivity index (χ4n) is 4.41. The minimum atomic E-state index is -3.92. The summed E-state index contributed by atoms with van der Waals surface area (Å²) in [4.78, 5) is 39.3. The molecule has 1 saturated heterocycles. The van der Waals surface area contributed by atoms with E-state index in [9.17, 15) is 22.8 Å². The van der Waals surface area contributed by atoms with Gasteiger partial charge in [-0.15, -0.1) is 0 Å². The van der Waals surface area contributed by atoms with Gasteiger partial charge in [0.2, 0.25) is 5.91 Å². The molecule has 2 aromatic rings. The molecular weight excluding hydrogens is 430 g/mol. The van der Waals surface area contributed by atoms with Crippen LogP contribution in [0.4, 0.5) is 5.69 Å². The number of anilines is 1. The number of nitrogens with one attached hydrogen (secondary N) is 2. The molecule has 0 spiro atoms. The number of allylic oxidation sites excluding steroid dienone is 1. The van der Waals surface area contributed by atoms with E-state index in [1.807, 2.05) is 6.92 Å². The zero-order chi connectivity index (χ0) is 23.4. The number of nitrogens with zero attached hydrogens (tertiary/aromatic N) is 1. The molecule has 166 valence electrons. The van der Waals surface area contributed by atoms with E-state index in [1.54, 1.807) is 26.0 Å². The number of sulfonamides is 1. The highest BCUT2D eigenvalue weighted by atomic mass is 32.2. The van der Waals surface area contributed by atoms with Crippen LogP contribution in [0.25, 0.3) is 0 Å². The first-order valence-corrected chi connectivity index (χ1v) is 11.6. The number of carbonyl (C=O) groups is 3. The number of imide groups is 1. The van der Waals surface area contributed by atoms with Crippen molar-refractivity contribution in [3.05, 3.63) is 70.4 Å². The number of aryl methyl sites for hydroxylation is 3. The highest BCUT2D eigenvalue weighted by molar-refractivity contribution is 7.92. The Bertz CT molecular complexity index is 1290. The van der Waals surface area contributed by atoms with E-state index in [4.69, 9.17) is 0 Å². The first-order valence-electron chi connectivity index (χ1n) is 10.1. The van der Waals surface area contributed by atoms with Gasteiger partial charge >= 0.3 is 0 Å². The lowest BCUT2D eigenvalue weighted by atomic mass is 10.0. The molecule has 2 aromatic carbocycles. The molecule has 1 fully saturated rings. The van der Waals surface area contributed by atoms with E-state index < -0.39 is 33.8 Å². The maximum Gasteiger partial charge on any atom is 0.262 e. The SMILES string of the molecule is C=C1CCC(N2C(=O)c3ccc(NS(=O)(=O)c4c(C)cc(C)cc4C)cc3C2=O)C(=O)N1. The van der Waals surface area contributed by atoms with Crippen molar-refractivity contribution < 1.29 is 22.8 Å². The summed E-state index contributed by atoms with van der Waals surface area (Å²) in [7, 11) is -3.92. The molecule has 32 heavy (non-hydrogen) atoms. The van der Waals surface area contributed by atoms with E-state index in [1.165, 1.54) is 18.2 Å². The van der Waals surface area contributed by atoms with E-state index in [0.29, 0.717) is 29.7 Å². The zero-order valence-corrected chi connectivity index (χ0v) is 18.8. The van der Waals surface area contributed by atoms with Gasteiger partial charge in [-0.05, 0) is 62.9 Å². The fourth-order valence-corrected chi connectivity index (χ4v) is 5.92. The maximum absolute atomic E-state index is 13.1. The largest absolute Gasteiger partial charge is 0.329 e. The number of hydrogen-bond acceptors (Lipinski definition) is 5. The van der Waals surface area contributed by atoms with Crippen molar-refractivity contribution in [1.82, 2.24) is 10.2 Å². The quantitative estimate of drug-likeness (QED) is 0.692. The van der Waals surface area contributed by atoms with Crippen LogP contribution in [0.5, 0.6) is 0 Å². The summed E-state index contributed by atoms with van der Waals surface area (Å²) >= 11 is 0. The van der Waals surface area contributed by atoms with E-state index in [2.05, 4.69) is 16.6 Å². The van der Waals surface area contributed by atoms with Gasteiger partial charge in [-0.2, -0.15) is 0 Å². The lowest BCUT2D eigenvalue weighted by Gasteiger charge is -2.29. The molecule has 9 heteroatoms. The Morgan fingerprint density at radius 3 is 2.25 bits per heavy atom. The molecule has 0 aromatic heterocycles. The van der Waals surface area contributed by atoms with Gasteiger partial charge in [0.25, 0.3) is 21.8 Å². The van der Waals surface area contributed by atoms with E-state index >= 15 is 0 Å². The Hall–Kier alpha value is -3.46. The normalized spacial score (nSPS) is 18.6. The topological polar surface area (TPSA) is 113 Å². The van der Waals surface area contributed by atoms with Crippen molar-refractivity contribution >= 4 is 33.4 Å². The monoisotopic (exact) mass is 453 g/mol. The standard InChI is InChI=1S/C23H23N3O5S/c1-12-9-13(2)20(14(3)10-12)32(30,31)25-16-6-7-17-18(11-16)23(29)26(22(17)28)19-8-5-15(4)24-21(19)27/h6-7,9-11,19,25H,4-5,8H2,1-3H3,(H,24,27). The van der Waals surface area contributed by atoms with Crippen LogP contribution in [0, 0.1) is 20.8 Å². The van der Waals surface area contributed by atoms with Crippen LogP contribution in [-0.4, -0.2) is 37.1 Å². The molecule has 2 aliphatic rings. The summed E-state index contributed by atoms with van der Waals surface area (Å²) in [5, 5.41) is 2.58. The Labute approximate surface area is 186 Å². The third kappa shape index (κ3) is 3.58. The molecule has 0 radical (unpaired) electrons. The van der Waals surface area contributed by atoms with Crippen LogP contribution in [0.3, 0.4) is 0 Å². The molecule has 1 unspecified atom stereocenters. The van der Waals surface area contributed by atoms with Crippen LogP contribution in [0.1, 0.15) is 50.2 Å². The van der Waals surface area contributed by atoms with Gasteiger partial charge in [0, 0.05) is 11.4 Å². The van der Waals surface area contributed by atoms with E-state index in [-0.39, 0.29) is 21.7 Å². The number of hydrogen-bond donors (Lipinski definition) is 2. The minimum absolute atomic E-state index is 0.0600. The van der Waals surface area contributed by atoms with Gasteiger partial charge in [0.1, 0.15) is 6.04 Å². The Kier molecular flexibility index (Phi) is 5.16. The summed E-state index contributed by atoms with van der Waals surface area (Å²) in [5.74, 6) is -1.65. The second-order valence-corrected chi connectivity index (χ2v) is 9.84. The Morgan fingerprint density at radius 2 is 1.62 bits per heavy atom. The highest BCUT2D eigenvalue weighted by Gasteiger charge is 2.44. The summed E-state index contributed by atoms with van der Waals surface area (Å²) in [5.41, 5.74) is 3.07. The van der Waals surface area contributed by atoms with Gasteiger partial charge in [-0.25, -0.2) is 8.42 Å². The average Bonchev–Trinajstić information content (AvgIpc) is 2.91. The Morgan fingerprint density at radius 1 is 1.00 bits per heavy atom. The van der Waals surface area contributed by atoms with Crippen LogP contribution in [-0.2, 0) is 14.8 Å². The molecule has 0 aliphatic carbocycles. The molecule has 2 N–H and O–H groups in total.